The summed E-state index contributed by atoms with van der Waals surface area (Å²) in [7, 11) is 0. The van der Waals surface area contributed by atoms with Crippen LogP contribution in [0.15, 0.2) is 47.1 Å². The van der Waals surface area contributed by atoms with Gasteiger partial charge in [-0.1, -0.05) is 37.3 Å². The lowest BCUT2D eigenvalue weighted by Crippen LogP contribution is -2.06. The van der Waals surface area contributed by atoms with Gasteiger partial charge < -0.3 is 10.2 Å². The summed E-state index contributed by atoms with van der Waals surface area (Å²) in [5.41, 5.74) is 8.08. The molecular formula is C13H15NO. The van der Waals surface area contributed by atoms with Crippen molar-refractivity contribution in [2.75, 3.05) is 0 Å². The number of benzene rings is 1. The Hall–Kier alpha value is -1.54. The lowest BCUT2D eigenvalue weighted by molar-refractivity contribution is 0.570. The molecule has 1 aromatic heterocycles. The fourth-order valence-corrected chi connectivity index (χ4v) is 1.53. The molecular weight excluding hydrogens is 186 g/mol. The summed E-state index contributed by atoms with van der Waals surface area (Å²) in [6.45, 7) is 2.07. The Kier molecular flexibility index (Phi) is 2.88. The van der Waals surface area contributed by atoms with E-state index in [1.165, 1.54) is 0 Å². The largest absolute Gasteiger partial charge is 0.464 e. The van der Waals surface area contributed by atoms with Crippen molar-refractivity contribution >= 4 is 0 Å². The quantitative estimate of drug-likeness (QED) is 0.827. The van der Waals surface area contributed by atoms with Crippen LogP contribution >= 0.6 is 0 Å². The zero-order valence-electron chi connectivity index (χ0n) is 8.81. The van der Waals surface area contributed by atoms with Crippen LogP contribution in [0.2, 0.25) is 0 Å². The molecule has 2 nitrogen and oxygen atoms in total. The third kappa shape index (κ3) is 2.10. The molecule has 0 aliphatic carbocycles. The molecule has 15 heavy (non-hydrogen) atoms. The fraction of sp³-hybridized carbons (Fsp3) is 0.231. The van der Waals surface area contributed by atoms with E-state index in [9.17, 15) is 0 Å². The van der Waals surface area contributed by atoms with Crippen molar-refractivity contribution in [1.29, 1.82) is 0 Å². The fourth-order valence-electron chi connectivity index (χ4n) is 1.53. The summed E-state index contributed by atoms with van der Waals surface area (Å²) in [6, 6.07) is 12.1. The third-order valence-electron chi connectivity index (χ3n) is 2.55. The van der Waals surface area contributed by atoms with Crippen LogP contribution in [0.1, 0.15) is 24.9 Å². The van der Waals surface area contributed by atoms with Gasteiger partial charge in [-0.15, -0.1) is 0 Å². The van der Waals surface area contributed by atoms with E-state index in [1.54, 1.807) is 6.26 Å². The van der Waals surface area contributed by atoms with Gasteiger partial charge in [0.1, 0.15) is 5.76 Å². The van der Waals surface area contributed by atoms with Gasteiger partial charge in [0.25, 0.3) is 0 Å². The maximum Gasteiger partial charge on any atom is 0.134 e. The topological polar surface area (TPSA) is 39.2 Å². The first-order valence-electron chi connectivity index (χ1n) is 5.20. The molecule has 0 aliphatic heterocycles. The first-order chi connectivity index (χ1) is 7.31. The number of hydrogen-bond acceptors (Lipinski definition) is 2. The molecule has 0 radical (unpaired) electrons. The molecule has 0 saturated carbocycles. The maximum absolute atomic E-state index is 5.93. The Balaban J connectivity index is 2.28. The lowest BCUT2D eigenvalue weighted by atomic mass is 10.1. The predicted octanol–water partition coefficient (Wildman–Crippen LogP) is 3.36. The van der Waals surface area contributed by atoms with Gasteiger partial charge in [0, 0.05) is 17.2 Å². The molecule has 2 rings (SSSR count). The van der Waals surface area contributed by atoms with E-state index in [1.807, 2.05) is 36.4 Å². The first kappa shape index (κ1) is 9.99. The van der Waals surface area contributed by atoms with Gasteiger partial charge in [0.05, 0.1) is 6.26 Å². The number of nitrogens with two attached hydrogens (primary N) is 1. The van der Waals surface area contributed by atoms with Crippen molar-refractivity contribution < 1.29 is 4.42 Å². The van der Waals surface area contributed by atoms with E-state index in [-0.39, 0.29) is 6.04 Å². The number of hydrogen-bond donors (Lipinski definition) is 1. The zero-order chi connectivity index (χ0) is 10.7. The minimum absolute atomic E-state index is 0.0752. The summed E-state index contributed by atoms with van der Waals surface area (Å²) in [5, 5.41) is 0. The van der Waals surface area contributed by atoms with Gasteiger partial charge in [0.2, 0.25) is 0 Å². The Labute approximate surface area is 89.7 Å². The highest BCUT2D eigenvalue weighted by molar-refractivity contribution is 5.57. The van der Waals surface area contributed by atoms with Crippen molar-refractivity contribution in [3.8, 4) is 11.3 Å². The third-order valence-corrected chi connectivity index (χ3v) is 2.55. The first-order valence-corrected chi connectivity index (χ1v) is 5.20. The van der Waals surface area contributed by atoms with Gasteiger partial charge in [-0.25, -0.2) is 0 Å². The normalized spacial score (nSPS) is 12.7. The molecule has 0 fully saturated rings. The molecule has 2 heteroatoms. The van der Waals surface area contributed by atoms with Gasteiger partial charge in [-0.05, 0) is 12.5 Å². The highest BCUT2D eigenvalue weighted by atomic mass is 16.3. The van der Waals surface area contributed by atoms with E-state index in [4.69, 9.17) is 10.2 Å². The molecule has 0 amide bonds. The predicted molar refractivity (Wildman–Crippen MR) is 61.4 cm³/mol. The molecule has 1 atom stereocenters. The smallest absolute Gasteiger partial charge is 0.134 e. The maximum atomic E-state index is 5.93. The molecule has 0 saturated heterocycles. The van der Waals surface area contributed by atoms with Crippen molar-refractivity contribution in [2.45, 2.75) is 19.4 Å². The number of rotatable bonds is 3. The van der Waals surface area contributed by atoms with Crippen molar-refractivity contribution in [3.63, 3.8) is 0 Å². The highest BCUT2D eigenvalue weighted by Gasteiger charge is 2.08. The average molecular weight is 201 g/mol. The Morgan fingerprint density at radius 3 is 2.67 bits per heavy atom. The van der Waals surface area contributed by atoms with Gasteiger partial charge in [-0.2, -0.15) is 0 Å². The van der Waals surface area contributed by atoms with E-state index in [0.29, 0.717) is 0 Å². The molecule has 0 bridgehead atoms. The van der Waals surface area contributed by atoms with Crippen LogP contribution in [0.5, 0.6) is 0 Å². The van der Waals surface area contributed by atoms with Gasteiger partial charge in [0.15, 0.2) is 0 Å². The van der Waals surface area contributed by atoms with E-state index in [0.717, 1.165) is 23.3 Å². The Morgan fingerprint density at radius 2 is 2.00 bits per heavy atom. The van der Waals surface area contributed by atoms with Gasteiger partial charge in [-0.3, -0.25) is 0 Å². The average Bonchev–Trinajstić information content (AvgIpc) is 2.78. The van der Waals surface area contributed by atoms with Crippen LogP contribution in [0, 0.1) is 0 Å². The van der Waals surface area contributed by atoms with Crippen LogP contribution in [-0.2, 0) is 0 Å². The van der Waals surface area contributed by atoms with E-state index < -0.39 is 0 Å². The van der Waals surface area contributed by atoms with Crippen LogP contribution in [0.4, 0.5) is 0 Å². The number of furan rings is 1. The Bertz CT molecular complexity index is 419. The molecule has 2 N–H and O–H groups in total. The summed E-state index contributed by atoms with van der Waals surface area (Å²) in [5.74, 6) is 0.884. The van der Waals surface area contributed by atoms with Crippen LogP contribution in [0.25, 0.3) is 11.3 Å². The standard InChI is InChI=1S/C13H15NO/c1-2-12(14)11-8-13(15-9-11)10-6-4-3-5-7-10/h3-9,12H,2,14H2,1H3. The van der Waals surface area contributed by atoms with Crippen LogP contribution < -0.4 is 5.73 Å². The zero-order valence-corrected chi connectivity index (χ0v) is 8.81. The van der Waals surface area contributed by atoms with E-state index >= 15 is 0 Å². The Morgan fingerprint density at radius 1 is 1.27 bits per heavy atom. The molecule has 1 aromatic carbocycles. The second-order valence-electron chi connectivity index (χ2n) is 3.63. The van der Waals surface area contributed by atoms with E-state index in [2.05, 4.69) is 6.92 Å². The molecule has 1 unspecified atom stereocenters. The summed E-state index contributed by atoms with van der Waals surface area (Å²) in [6.07, 6.45) is 2.67. The molecule has 2 aromatic rings. The minimum atomic E-state index is 0.0752. The highest BCUT2D eigenvalue weighted by Crippen LogP contribution is 2.25. The monoisotopic (exact) mass is 201 g/mol. The second-order valence-corrected chi connectivity index (χ2v) is 3.63. The molecule has 1 heterocycles. The van der Waals surface area contributed by atoms with Crippen LogP contribution in [-0.4, -0.2) is 0 Å². The summed E-state index contributed by atoms with van der Waals surface area (Å²) in [4.78, 5) is 0. The molecule has 78 valence electrons. The lowest BCUT2D eigenvalue weighted by Gasteiger charge is -2.02. The van der Waals surface area contributed by atoms with Crippen LogP contribution in [0.3, 0.4) is 0 Å². The molecule has 0 aliphatic rings. The van der Waals surface area contributed by atoms with Crippen molar-refractivity contribution in [2.24, 2.45) is 5.73 Å². The minimum Gasteiger partial charge on any atom is -0.464 e. The van der Waals surface area contributed by atoms with Gasteiger partial charge >= 0.3 is 0 Å². The van der Waals surface area contributed by atoms with Crippen molar-refractivity contribution in [3.05, 3.63) is 48.2 Å². The summed E-state index contributed by atoms with van der Waals surface area (Å²) >= 11 is 0. The van der Waals surface area contributed by atoms with Crippen molar-refractivity contribution in [1.82, 2.24) is 0 Å². The summed E-state index contributed by atoms with van der Waals surface area (Å²) < 4.78 is 5.49. The molecule has 0 spiro atoms. The SMILES string of the molecule is CCC(N)c1coc(-c2ccccc2)c1. The second kappa shape index (κ2) is 4.32.